The number of carbonyl (C=O) groups excluding carboxylic acids is 4. The number of aromatic nitrogens is 1. The molecule has 4 aromatic rings. The van der Waals surface area contributed by atoms with Crippen LogP contribution in [0.4, 0.5) is 4.39 Å². The third kappa shape index (κ3) is 10.3. The lowest BCUT2D eigenvalue weighted by molar-refractivity contribution is -0.143. The lowest BCUT2D eigenvalue weighted by atomic mass is 9.94. The monoisotopic (exact) mass is 728 g/mol. The Balaban J connectivity index is 1.87. The third-order valence-corrected chi connectivity index (χ3v) is 8.26. The van der Waals surface area contributed by atoms with E-state index in [1.54, 1.807) is 32.1 Å². The normalized spacial score (nSPS) is 12.4. The Morgan fingerprint density at radius 3 is 1.98 bits per heavy atom. The van der Waals surface area contributed by atoms with Crippen LogP contribution in [0.5, 0.6) is 0 Å². The molecule has 0 unspecified atom stereocenters. The summed E-state index contributed by atoms with van der Waals surface area (Å²) in [4.78, 5) is 51.6. The van der Waals surface area contributed by atoms with Gasteiger partial charge < -0.3 is 34.3 Å². The molecule has 53 heavy (non-hydrogen) atoms. The van der Waals surface area contributed by atoms with Crippen molar-refractivity contribution in [1.82, 2.24) is 9.88 Å². The van der Waals surface area contributed by atoms with E-state index in [-0.39, 0.29) is 55.5 Å². The fourth-order valence-electron chi connectivity index (χ4n) is 5.97. The average Bonchev–Trinajstić information content (AvgIpc) is 3.49. The first-order valence-corrected chi connectivity index (χ1v) is 17.3. The summed E-state index contributed by atoms with van der Waals surface area (Å²) in [6.45, 7) is 7.29. The van der Waals surface area contributed by atoms with Gasteiger partial charge in [0.05, 0.1) is 50.1 Å². The number of benzene rings is 3. The van der Waals surface area contributed by atoms with Gasteiger partial charge in [0.15, 0.2) is 0 Å². The molecule has 0 radical (unpaired) electrons. The van der Waals surface area contributed by atoms with Gasteiger partial charge >= 0.3 is 17.9 Å². The van der Waals surface area contributed by atoms with E-state index in [0.717, 1.165) is 0 Å². The molecule has 1 heterocycles. The molecule has 280 valence electrons. The van der Waals surface area contributed by atoms with Crippen molar-refractivity contribution in [3.05, 3.63) is 113 Å². The number of halogens is 1. The molecule has 12 heteroatoms. The van der Waals surface area contributed by atoms with Crippen LogP contribution in [-0.4, -0.2) is 71.1 Å². The molecule has 0 aliphatic heterocycles. The van der Waals surface area contributed by atoms with E-state index in [4.69, 9.17) is 9.47 Å². The van der Waals surface area contributed by atoms with Crippen LogP contribution >= 0.6 is 0 Å². The van der Waals surface area contributed by atoms with Crippen LogP contribution in [-0.2, 0) is 25.5 Å². The molecule has 3 N–H and O–H groups in total. The summed E-state index contributed by atoms with van der Waals surface area (Å²) < 4.78 is 31.0. The van der Waals surface area contributed by atoms with Gasteiger partial charge in [-0.3, -0.25) is 9.59 Å². The molecule has 2 atom stereocenters. The molecular formula is C41H45FN2O9. The summed E-state index contributed by atoms with van der Waals surface area (Å²) in [5.41, 5.74) is 3.89. The Bertz CT molecular complexity index is 1900. The molecule has 0 fully saturated rings. The van der Waals surface area contributed by atoms with Crippen molar-refractivity contribution in [2.45, 2.75) is 65.3 Å². The van der Waals surface area contributed by atoms with Gasteiger partial charge in [-0.2, -0.15) is 0 Å². The summed E-state index contributed by atoms with van der Waals surface area (Å²) in [5, 5.41) is 24.2. The van der Waals surface area contributed by atoms with Gasteiger partial charge in [0.2, 0.25) is 0 Å². The largest absolute Gasteiger partial charge is 0.469 e. The van der Waals surface area contributed by atoms with E-state index < -0.39 is 41.8 Å². The van der Waals surface area contributed by atoms with Crippen molar-refractivity contribution in [3.8, 4) is 22.3 Å². The number of ether oxygens (including phenoxy) is 3. The minimum absolute atomic E-state index is 0.0795. The summed E-state index contributed by atoms with van der Waals surface area (Å²) >= 11 is 0. The van der Waals surface area contributed by atoms with Crippen molar-refractivity contribution < 1.29 is 48.0 Å². The predicted octanol–water partition coefficient (Wildman–Crippen LogP) is 6.51. The number of hydrogen-bond donors (Lipinski definition) is 3. The minimum atomic E-state index is -1.18. The zero-order valence-electron chi connectivity index (χ0n) is 30.4. The zero-order chi connectivity index (χ0) is 38.7. The van der Waals surface area contributed by atoms with Gasteiger partial charge in [0.1, 0.15) is 11.5 Å². The highest BCUT2D eigenvalue weighted by Crippen LogP contribution is 2.42. The van der Waals surface area contributed by atoms with Crippen LogP contribution in [0.1, 0.15) is 89.0 Å². The van der Waals surface area contributed by atoms with E-state index in [1.807, 2.05) is 48.7 Å². The highest BCUT2D eigenvalue weighted by Gasteiger charge is 2.30. The molecule has 1 aromatic heterocycles. The summed E-state index contributed by atoms with van der Waals surface area (Å²) in [5.74, 6) is -2.82. The number of amides is 1. The van der Waals surface area contributed by atoms with Gasteiger partial charge in [-0.25, -0.2) is 14.0 Å². The Kier molecular flexibility index (Phi) is 14.2. The quantitative estimate of drug-likeness (QED) is 0.0866. The number of nitrogens with one attached hydrogen (secondary N) is 1. The summed E-state index contributed by atoms with van der Waals surface area (Å²) in [6.07, 6.45) is 0.323. The van der Waals surface area contributed by atoms with Crippen molar-refractivity contribution in [3.63, 3.8) is 0 Å². The number of aliphatic hydroxyl groups excluding tert-OH is 2. The molecule has 1 amide bonds. The maximum atomic E-state index is 14.5. The van der Waals surface area contributed by atoms with Crippen molar-refractivity contribution in [2.75, 3.05) is 20.3 Å². The SMILES string of the molecule is CCOC(=O)c1cc(CNC(=O)c2c(-c3ccccc3)c(-c3ccc(F)cc3)c(/C=C/[C@@H](O)C[C@@H](O)CC(=O)OC)n2C(C)C)cc(C(=O)OCC)c1. The van der Waals surface area contributed by atoms with Gasteiger partial charge in [0.25, 0.3) is 5.91 Å². The molecular weight excluding hydrogens is 683 g/mol. The number of methoxy groups -OCH3 is 1. The first-order chi connectivity index (χ1) is 25.4. The first-order valence-electron chi connectivity index (χ1n) is 17.3. The third-order valence-electron chi connectivity index (χ3n) is 8.26. The molecule has 0 aliphatic rings. The Morgan fingerprint density at radius 1 is 0.849 bits per heavy atom. The molecule has 0 saturated carbocycles. The molecule has 4 rings (SSSR count). The lowest BCUT2D eigenvalue weighted by Gasteiger charge is -2.18. The van der Waals surface area contributed by atoms with Gasteiger partial charge in [-0.05, 0) is 80.8 Å². The molecule has 0 bridgehead atoms. The number of esters is 3. The molecule has 11 nitrogen and oxygen atoms in total. The Morgan fingerprint density at radius 2 is 1.43 bits per heavy atom. The molecule has 0 saturated heterocycles. The number of nitrogens with zero attached hydrogens (tertiary/aromatic N) is 1. The Hall–Kier alpha value is -5.59. The van der Waals surface area contributed by atoms with E-state index >= 15 is 0 Å². The van der Waals surface area contributed by atoms with Gasteiger partial charge in [-0.1, -0.05) is 48.5 Å². The second-order valence-electron chi connectivity index (χ2n) is 12.5. The van der Waals surface area contributed by atoms with E-state index in [0.29, 0.717) is 33.5 Å². The van der Waals surface area contributed by atoms with E-state index in [2.05, 4.69) is 10.1 Å². The maximum Gasteiger partial charge on any atom is 0.338 e. The van der Waals surface area contributed by atoms with Gasteiger partial charge in [0, 0.05) is 35.8 Å². The molecule has 3 aromatic carbocycles. The topological polar surface area (TPSA) is 153 Å². The lowest BCUT2D eigenvalue weighted by Crippen LogP contribution is -2.27. The van der Waals surface area contributed by atoms with Crippen LogP contribution in [0.25, 0.3) is 28.3 Å². The second kappa shape index (κ2) is 18.8. The van der Waals surface area contributed by atoms with Crippen LogP contribution in [0.2, 0.25) is 0 Å². The number of hydrogen-bond acceptors (Lipinski definition) is 9. The second-order valence-corrected chi connectivity index (χ2v) is 12.5. The zero-order valence-corrected chi connectivity index (χ0v) is 30.4. The smallest absolute Gasteiger partial charge is 0.338 e. The van der Waals surface area contributed by atoms with E-state index in [1.165, 1.54) is 43.5 Å². The predicted molar refractivity (Wildman–Crippen MR) is 197 cm³/mol. The summed E-state index contributed by atoms with van der Waals surface area (Å²) in [6, 6.07) is 19.2. The fraction of sp³-hybridized carbons (Fsp3) is 0.317. The number of rotatable bonds is 16. The highest BCUT2D eigenvalue weighted by molar-refractivity contribution is 6.06. The standard InChI is InChI=1S/C41H45FN2O9/c1-6-52-40(49)29-19-26(20-30(21-29)41(50)53-7-2)24-43-39(48)38-37(27-11-9-8-10-12-27)36(28-13-15-31(42)16-14-28)34(44(38)25(3)4)18-17-32(45)22-33(46)23-35(47)51-5/h8-21,25,32-33,45-46H,6-7,22-24H2,1-5H3,(H,43,48)/b18-17+/t32-,33-/m1/s1. The fourth-order valence-corrected chi connectivity index (χ4v) is 5.97. The summed E-state index contributed by atoms with van der Waals surface area (Å²) in [7, 11) is 1.21. The van der Waals surface area contributed by atoms with Crippen LogP contribution in [0.15, 0.2) is 78.9 Å². The van der Waals surface area contributed by atoms with Crippen LogP contribution < -0.4 is 5.32 Å². The number of carbonyl (C=O) groups is 4. The Labute approximate surface area is 308 Å². The maximum absolute atomic E-state index is 14.5. The first kappa shape index (κ1) is 40.2. The number of aliphatic hydroxyl groups is 2. The van der Waals surface area contributed by atoms with Crippen molar-refractivity contribution >= 4 is 29.9 Å². The molecule has 0 spiro atoms. The average molecular weight is 729 g/mol. The van der Waals surface area contributed by atoms with Crippen LogP contribution in [0, 0.1) is 5.82 Å². The molecule has 0 aliphatic carbocycles. The minimum Gasteiger partial charge on any atom is -0.469 e. The van der Waals surface area contributed by atoms with Crippen molar-refractivity contribution in [1.29, 1.82) is 0 Å². The van der Waals surface area contributed by atoms with E-state index in [9.17, 15) is 33.8 Å². The highest BCUT2D eigenvalue weighted by atomic mass is 19.1. The van der Waals surface area contributed by atoms with Crippen molar-refractivity contribution in [2.24, 2.45) is 0 Å². The van der Waals surface area contributed by atoms with Crippen LogP contribution in [0.3, 0.4) is 0 Å². The van der Waals surface area contributed by atoms with Gasteiger partial charge in [-0.15, -0.1) is 0 Å².